The van der Waals surface area contributed by atoms with Crippen molar-refractivity contribution in [1.82, 2.24) is 13.7 Å². The summed E-state index contributed by atoms with van der Waals surface area (Å²) in [5, 5.41) is 0. The van der Waals surface area contributed by atoms with Crippen molar-refractivity contribution in [3.63, 3.8) is 0 Å². The number of fused-ring (bicyclic) bond motifs is 1. The summed E-state index contributed by atoms with van der Waals surface area (Å²) in [5.74, 6) is 13.5. The van der Waals surface area contributed by atoms with Crippen LogP contribution in [-0.2, 0) is 17.1 Å². The SMILES string of the molecule is C(#Cc1ccc(C#Cc2ccccn2)c2nsnc12)[C]1[CH][CH][CH][CH]1.[CH]1[CH][CH][CH][CH]1.[Fe+2]. The second-order valence-electron chi connectivity index (χ2n) is 5.97. The van der Waals surface area contributed by atoms with Gasteiger partial charge in [0.15, 0.2) is 0 Å². The molecule has 2 heterocycles. The molecule has 2 saturated carbocycles. The third-order valence-corrected chi connectivity index (χ3v) is 4.49. The van der Waals surface area contributed by atoms with Crippen molar-refractivity contribution in [3.8, 4) is 23.7 Å². The van der Waals surface area contributed by atoms with Gasteiger partial charge in [0, 0.05) is 6.20 Å². The van der Waals surface area contributed by atoms with Crippen LogP contribution in [0, 0.1) is 87.4 Å². The number of hydrogen-bond acceptors (Lipinski definition) is 4. The van der Waals surface area contributed by atoms with E-state index < -0.39 is 0 Å². The summed E-state index contributed by atoms with van der Waals surface area (Å²) in [6.45, 7) is 0. The summed E-state index contributed by atoms with van der Waals surface area (Å²) < 4.78 is 8.76. The van der Waals surface area contributed by atoms with Crippen LogP contribution in [0.15, 0.2) is 36.5 Å². The zero-order chi connectivity index (χ0) is 19.7. The van der Waals surface area contributed by atoms with Crippen LogP contribution in [-0.4, -0.2) is 13.7 Å². The molecule has 0 amide bonds. The molecule has 0 N–H and O–H groups in total. The van der Waals surface area contributed by atoms with Gasteiger partial charge < -0.3 is 0 Å². The van der Waals surface area contributed by atoms with Crippen LogP contribution < -0.4 is 0 Å². The average Bonchev–Trinajstić information content (AvgIpc) is 3.55. The molecular weight excluding hydrogens is 430 g/mol. The molecule has 2 aliphatic rings. The van der Waals surface area contributed by atoms with Crippen molar-refractivity contribution >= 4 is 22.8 Å². The number of nitrogens with zero attached hydrogens (tertiary/aromatic N) is 3. The van der Waals surface area contributed by atoms with Crippen LogP contribution in [0.4, 0.5) is 0 Å². The van der Waals surface area contributed by atoms with Gasteiger partial charge in [-0.3, -0.25) is 0 Å². The molecule has 10 radical (unpaired) electrons. The summed E-state index contributed by atoms with van der Waals surface area (Å²) in [4.78, 5) is 4.21. The van der Waals surface area contributed by atoms with Crippen molar-refractivity contribution in [1.29, 1.82) is 0 Å². The Balaban J connectivity index is 0.000000376. The number of benzene rings is 1. The standard InChI is InChI=1S/C20H10N3S.C5H5.Fe/c1-2-6-15(5-1)8-9-16-10-11-17(20-19(16)22-24-23-20)12-13-18-7-3-4-14-21-18;1-2-4-5-3-1;/h1-7,10-11,14H;1-5H;/q;;+2. The Bertz CT molecular complexity index is 1050. The number of rotatable bonds is 0. The van der Waals surface area contributed by atoms with Gasteiger partial charge in [-0.25, -0.2) is 4.98 Å². The van der Waals surface area contributed by atoms with Crippen molar-refractivity contribution in [3.05, 3.63) is 117 Å². The normalized spacial score (nSPS) is 15.2. The summed E-state index contributed by atoms with van der Waals surface area (Å²) in [5.41, 5.74) is 4.02. The van der Waals surface area contributed by atoms with E-state index in [2.05, 4.69) is 37.4 Å². The molecule has 5 heteroatoms. The summed E-state index contributed by atoms with van der Waals surface area (Å²) in [6, 6.07) is 9.55. The Kier molecular flexibility index (Phi) is 8.91. The molecule has 0 unspecified atom stereocenters. The van der Waals surface area contributed by atoms with Crippen LogP contribution in [0.1, 0.15) is 16.8 Å². The Morgan fingerprint density at radius 2 is 1.23 bits per heavy atom. The van der Waals surface area contributed by atoms with Gasteiger partial charge in [-0.05, 0) is 88.0 Å². The molecule has 5 rings (SSSR count). The van der Waals surface area contributed by atoms with Crippen LogP contribution in [0.5, 0.6) is 0 Å². The van der Waals surface area contributed by atoms with Gasteiger partial charge in [0.2, 0.25) is 0 Å². The van der Waals surface area contributed by atoms with Gasteiger partial charge in [0.1, 0.15) is 16.7 Å². The molecule has 3 nitrogen and oxygen atoms in total. The van der Waals surface area contributed by atoms with E-state index in [9.17, 15) is 0 Å². The minimum absolute atomic E-state index is 0. The van der Waals surface area contributed by atoms with Gasteiger partial charge >= 0.3 is 17.1 Å². The van der Waals surface area contributed by atoms with E-state index in [0.717, 1.165) is 33.8 Å². The monoisotopic (exact) mass is 445 g/mol. The van der Waals surface area contributed by atoms with E-state index in [-0.39, 0.29) is 17.1 Å². The molecule has 1 aromatic carbocycles. The minimum Gasteiger partial charge on any atom is -0.248 e. The van der Waals surface area contributed by atoms with Crippen LogP contribution in [0.25, 0.3) is 11.0 Å². The smallest absolute Gasteiger partial charge is 0.248 e. The summed E-state index contributed by atoms with van der Waals surface area (Å²) in [6.07, 6.45) is 19.6. The first-order valence-electron chi connectivity index (χ1n) is 8.99. The molecule has 142 valence electrons. The quantitative estimate of drug-likeness (QED) is 0.384. The van der Waals surface area contributed by atoms with Gasteiger partial charge in [-0.15, -0.1) is 0 Å². The molecule has 0 bridgehead atoms. The Labute approximate surface area is 193 Å². The largest absolute Gasteiger partial charge is 2.00 e. The molecule has 3 aromatic rings. The van der Waals surface area contributed by atoms with Crippen LogP contribution in [0.3, 0.4) is 0 Å². The fourth-order valence-electron chi connectivity index (χ4n) is 2.55. The topological polar surface area (TPSA) is 38.7 Å². The van der Waals surface area contributed by atoms with Gasteiger partial charge in [0.25, 0.3) is 0 Å². The fraction of sp³-hybridized carbons (Fsp3) is 0. The van der Waals surface area contributed by atoms with Crippen LogP contribution in [0.2, 0.25) is 0 Å². The molecule has 2 fully saturated rings. The Morgan fingerprint density at radius 3 is 1.80 bits per heavy atom. The fourth-order valence-corrected chi connectivity index (χ4v) is 3.13. The average molecular weight is 445 g/mol. The maximum atomic E-state index is 4.38. The molecule has 30 heavy (non-hydrogen) atoms. The Hall–Kier alpha value is -2.17. The number of aromatic nitrogens is 3. The second-order valence-corrected chi connectivity index (χ2v) is 6.50. The van der Waals surface area contributed by atoms with Crippen molar-refractivity contribution in [2.45, 2.75) is 0 Å². The Morgan fingerprint density at radius 1 is 0.633 bits per heavy atom. The number of hydrogen-bond donors (Lipinski definition) is 0. The number of pyridine rings is 1. The third kappa shape index (κ3) is 6.16. The molecule has 0 atom stereocenters. The molecule has 2 aliphatic carbocycles. The predicted molar refractivity (Wildman–Crippen MR) is 116 cm³/mol. The minimum atomic E-state index is 0. The summed E-state index contributed by atoms with van der Waals surface area (Å²) >= 11 is 1.18. The zero-order valence-corrected chi connectivity index (χ0v) is 17.7. The maximum Gasteiger partial charge on any atom is 2.00 e. The van der Waals surface area contributed by atoms with Crippen LogP contribution >= 0.6 is 11.7 Å². The third-order valence-electron chi connectivity index (χ3n) is 3.97. The zero-order valence-electron chi connectivity index (χ0n) is 15.8. The van der Waals surface area contributed by atoms with E-state index >= 15 is 0 Å². The van der Waals surface area contributed by atoms with E-state index in [1.807, 2.05) is 88.1 Å². The van der Waals surface area contributed by atoms with Crippen molar-refractivity contribution < 1.29 is 17.1 Å². The molecule has 0 saturated heterocycles. The summed E-state index contributed by atoms with van der Waals surface area (Å²) in [7, 11) is 0. The predicted octanol–water partition coefficient (Wildman–Crippen LogP) is 4.26. The molecule has 2 aromatic heterocycles. The second kappa shape index (κ2) is 11.9. The van der Waals surface area contributed by atoms with Gasteiger partial charge in [0.05, 0.1) is 28.8 Å². The first-order valence-corrected chi connectivity index (χ1v) is 9.72. The van der Waals surface area contributed by atoms with E-state index in [1.165, 1.54) is 11.7 Å². The van der Waals surface area contributed by atoms with E-state index in [1.54, 1.807) is 6.20 Å². The van der Waals surface area contributed by atoms with E-state index in [0.29, 0.717) is 0 Å². The molecule has 0 aliphatic heterocycles. The maximum absolute atomic E-state index is 4.38. The van der Waals surface area contributed by atoms with Gasteiger partial charge in [-0.1, -0.05) is 23.8 Å². The first-order chi connectivity index (χ1) is 14.4. The van der Waals surface area contributed by atoms with E-state index in [4.69, 9.17) is 0 Å². The molecular formula is C25H15FeN3S+2. The van der Waals surface area contributed by atoms with Gasteiger partial charge in [-0.2, -0.15) is 8.75 Å². The molecule has 0 spiro atoms. The van der Waals surface area contributed by atoms with Crippen molar-refractivity contribution in [2.75, 3.05) is 0 Å². The first kappa shape index (κ1) is 22.5. The van der Waals surface area contributed by atoms with Crippen molar-refractivity contribution in [2.24, 2.45) is 0 Å².